The van der Waals surface area contributed by atoms with Crippen molar-refractivity contribution in [1.82, 2.24) is 9.55 Å². The largest absolute Gasteiger partial charge is 0.497 e. The highest BCUT2D eigenvalue weighted by Crippen LogP contribution is 2.20. The van der Waals surface area contributed by atoms with Crippen molar-refractivity contribution >= 4 is 22.9 Å². The summed E-state index contributed by atoms with van der Waals surface area (Å²) in [6, 6.07) is 15.4. The topological polar surface area (TPSA) is 56.2 Å². The monoisotopic (exact) mass is 323 g/mol. The van der Waals surface area contributed by atoms with Crippen LogP contribution in [0.25, 0.3) is 11.0 Å². The SMILES string of the molecule is CCCn1c(NC(=O)Cc2ccc(OC)cc2)nc2ccccc21. The molecular formula is C19H21N3O2. The second-order valence-electron chi connectivity index (χ2n) is 5.65. The molecular weight excluding hydrogens is 302 g/mol. The van der Waals surface area contributed by atoms with Crippen LogP contribution in [0, 0.1) is 0 Å². The summed E-state index contributed by atoms with van der Waals surface area (Å²) in [5.74, 6) is 1.31. The van der Waals surface area contributed by atoms with E-state index in [-0.39, 0.29) is 5.91 Å². The summed E-state index contributed by atoms with van der Waals surface area (Å²) in [4.78, 5) is 16.9. The summed E-state index contributed by atoms with van der Waals surface area (Å²) in [5.41, 5.74) is 2.87. The summed E-state index contributed by atoms with van der Waals surface area (Å²) in [5, 5.41) is 2.94. The van der Waals surface area contributed by atoms with Gasteiger partial charge in [0.2, 0.25) is 11.9 Å². The van der Waals surface area contributed by atoms with E-state index in [1.54, 1.807) is 7.11 Å². The fourth-order valence-electron chi connectivity index (χ4n) is 2.72. The third-order valence-corrected chi connectivity index (χ3v) is 3.88. The first-order valence-corrected chi connectivity index (χ1v) is 8.09. The normalized spacial score (nSPS) is 10.8. The Labute approximate surface area is 141 Å². The van der Waals surface area contributed by atoms with Crippen LogP contribution in [0.4, 0.5) is 5.95 Å². The molecule has 3 aromatic rings. The average molecular weight is 323 g/mol. The quantitative estimate of drug-likeness (QED) is 0.753. The lowest BCUT2D eigenvalue weighted by Crippen LogP contribution is -2.18. The Bertz CT molecular complexity index is 837. The van der Waals surface area contributed by atoms with Gasteiger partial charge in [0, 0.05) is 6.54 Å². The van der Waals surface area contributed by atoms with Gasteiger partial charge in [0.25, 0.3) is 0 Å². The summed E-state index contributed by atoms with van der Waals surface area (Å²) >= 11 is 0. The molecule has 0 saturated carbocycles. The molecule has 5 heteroatoms. The number of ether oxygens (including phenoxy) is 1. The first-order chi connectivity index (χ1) is 11.7. The number of methoxy groups -OCH3 is 1. The molecule has 2 aromatic carbocycles. The van der Waals surface area contributed by atoms with Gasteiger partial charge in [-0.3, -0.25) is 10.1 Å². The third kappa shape index (κ3) is 3.40. The number of amides is 1. The first kappa shape index (κ1) is 16.1. The van der Waals surface area contributed by atoms with Gasteiger partial charge in [-0.1, -0.05) is 31.2 Å². The number of imidazole rings is 1. The fraction of sp³-hybridized carbons (Fsp3) is 0.263. The van der Waals surface area contributed by atoms with Gasteiger partial charge in [0.05, 0.1) is 24.6 Å². The highest BCUT2D eigenvalue weighted by atomic mass is 16.5. The molecule has 3 rings (SSSR count). The van der Waals surface area contributed by atoms with Gasteiger partial charge in [-0.05, 0) is 36.2 Å². The standard InChI is InChI=1S/C19H21N3O2/c1-3-12-22-17-7-5-4-6-16(17)20-19(22)21-18(23)13-14-8-10-15(24-2)11-9-14/h4-11H,3,12-13H2,1-2H3,(H,20,21,23). The number of para-hydroxylation sites is 2. The molecule has 0 radical (unpaired) electrons. The van der Waals surface area contributed by atoms with Gasteiger partial charge in [0.1, 0.15) is 5.75 Å². The summed E-state index contributed by atoms with van der Waals surface area (Å²) in [7, 11) is 1.62. The Morgan fingerprint density at radius 2 is 1.92 bits per heavy atom. The number of rotatable bonds is 6. The molecule has 0 bridgehead atoms. The van der Waals surface area contributed by atoms with Gasteiger partial charge in [0.15, 0.2) is 0 Å². The number of carbonyl (C=O) groups is 1. The zero-order valence-electron chi connectivity index (χ0n) is 14.0. The van der Waals surface area contributed by atoms with E-state index in [9.17, 15) is 4.79 Å². The van der Waals surface area contributed by atoms with E-state index in [1.807, 2.05) is 48.5 Å². The van der Waals surface area contributed by atoms with Crippen molar-refractivity contribution in [3.05, 3.63) is 54.1 Å². The van der Waals surface area contributed by atoms with Crippen molar-refractivity contribution in [2.45, 2.75) is 26.3 Å². The maximum atomic E-state index is 12.4. The molecule has 0 aliphatic carbocycles. The maximum absolute atomic E-state index is 12.4. The molecule has 0 atom stereocenters. The fourth-order valence-corrected chi connectivity index (χ4v) is 2.72. The van der Waals surface area contributed by atoms with Crippen molar-refractivity contribution in [2.24, 2.45) is 0 Å². The van der Waals surface area contributed by atoms with Crippen LogP contribution in [0.1, 0.15) is 18.9 Å². The van der Waals surface area contributed by atoms with Crippen LogP contribution in [0.2, 0.25) is 0 Å². The van der Waals surface area contributed by atoms with Crippen LogP contribution < -0.4 is 10.1 Å². The number of aromatic nitrogens is 2. The van der Waals surface area contributed by atoms with Gasteiger partial charge in [-0.2, -0.15) is 0 Å². The molecule has 0 saturated heterocycles. The molecule has 0 aliphatic heterocycles. The predicted molar refractivity (Wildman–Crippen MR) is 95.4 cm³/mol. The van der Waals surface area contributed by atoms with Crippen molar-refractivity contribution in [2.75, 3.05) is 12.4 Å². The van der Waals surface area contributed by atoms with Gasteiger partial charge < -0.3 is 9.30 Å². The lowest BCUT2D eigenvalue weighted by molar-refractivity contribution is -0.115. The lowest BCUT2D eigenvalue weighted by Gasteiger charge is -2.09. The number of anilines is 1. The molecule has 0 fully saturated rings. The number of hydrogen-bond donors (Lipinski definition) is 1. The highest BCUT2D eigenvalue weighted by Gasteiger charge is 2.13. The van der Waals surface area contributed by atoms with E-state index in [0.29, 0.717) is 12.4 Å². The van der Waals surface area contributed by atoms with Gasteiger partial charge >= 0.3 is 0 Å². The van der Waals surface area contributed by atoms with E-state index >= 15 is 0 Å². The predicted octanol–water partition coefficient (Wildman–Crippen LogP) is 3.64. The van der Waals surface area contributed by atoms with Crippen molar-refractivity contribution < 1.29 is 9.53 Å². The van der Waals surface area contributed by atoms with Crippen molar-refractivity contribution in [1.29, 1.82) is 0 Å². The average Bonchev–Trinajstić information content (AvgIpc) is 2.93. The van der Waals surface area contributed by atoms with E-state index in [4.69, 9.17) is 4.74 Å². The molecule has 0 unspecified atom stereocenters. The maximum Gasteiger partial charge on any atom is 0.231 e. The Kier molecular flexibility index (Phi) is 4.79. The summed E-state index contributed by atoms with van der Waals surface area (Å²) in [6.07, 6.45) is 1.28. The van der Waals surface area contributed by atoms with E-state index in [2.05, 4.69) is 21.8 Å². The minimum absolute atomic E-state index is 0.0761. The first-order valence-electron chi connectivity index (χ1n) is 8.09. The Morgan fingerprint density at radius 1 is 1.17 bits per heavy atom. The number of nitrogens with zero attached hydrogens (tertiary/aromatic N) is 2. The van der Waals surface area contributed by atoms with Crippen LogP contribution in [-0.4, -0.2) is 22.6 Å². The van der Waals surface area contributed by atoms with Crippen LogP contribution in [0.3, 0.4) is 0 Å². The van der Waals surface area contributed by atoms with E-state index in [1.165, 1.54) is 0 Å². The lowest BCUT2D eigenvalue weighted by atomic mass is 10.1. The zero-order valence-corrected chi connectivity index (χ0v) is 14.0. The van der Waals surface area contributed by atoms with E-state index in [0.717, 1.165) is 35.3 Å². The second kappa shape index (κ2) is 7.17. The Balaban J connectivity index is 1.78. The molecule has 24 heavy (non-hydrogen) atoms. The van der Waals surface area contributed by atoms with Gasteiger partial charge in [-0.15, -0.1) is 0 Å². The molecule has 1 amide bonds. The van der Waals surface area contributed by atoms with Crippen LogP contribution in [-0.2, 0) is 17.8 Å². The summed E-state index contributed by atoms with van der Waals surface area (Å²) in [6.45, 7) is 2.93. The second-order valence-corrected chi connectivity index (χ2v) is 5.65. The van der Waals surface area contributed by atoms with Crippen LogP contribution in [0.15, 0.2) is 48.5 Å². The molecule has 5 nitrogen and oxygen atoms in total. The summed E-state index contributed by atoms with van der Waals surface area (Å²) < 4.78 is 7.19. The number of nitrogens with one attached hydrogen (secondary N) is 1. The minimum Gasteiger partial charge on any atom is -0.497 e. The van der Waals surface area contributed by atoms with Crippen molar-refractivity contribution in [3.8, 4) is 5.75 Å². The third-order valence-electron chi connectivity index (χ3n) is 3.88. The smallest absolute Gasteiger partial charge is 0.231 e. The number of fused-ring (bicyclic) bond motifs is 1. The van der Waals surface area contributed by atoms with E-state index < -0.39 is 0 Å². The molecule has 1 heterocycles. The molecule has 1 aromatic heterocycles. The number of carbonyl (C=O) groups excluding carboxylic acids is 1. The minimum atomic E-state index is -0.0761. The van der Waals surface area contributed by atoms with Crippen LogP contribution in [0.5, 0.6) is 5.75 Å². The zero-order chi connectivity index (χ0) is 16.9. The molecule has 1 N–H and O–H groups in total. The number of aryl methyl sites for hydroxylation is 1. The van der Waals surface area contributed by atoms with Gasteiger partial charge in [-0.25, -0.2) is 4.98 Å². The van der Waals surface area contributed by atoms with Crippen molar-refractivity contribution in [3.63, 3.8) is 0 Å². The molecule has 0 aliphatic rings. The molecule has 0 spiro atoms. The molecule has 124 valence electrons. The highest BCUT2D eigenvalue weighted by molar-refractivity contribution is 5.92. The number of benzene rings is 2. The number of hydrogen-bond acceptors (Lipinski definition) is 3. The van der Waals surface area contributed by atoms with Crippen LogP contribution >= 0.6 is 0 Å². The Hall–Kier alpha value is -2.82. The Morgan fingerprint density at radius 3 is 2.62 bits per heavy atom.